The Hall–Kier alpha value is -2.74. The number of carbonyl (C=O) groups excluding carboxylic acids is 2. The van der Waals surface area contributed by atoms with E-state index in [1.165, 1.54) is 12.1 Å². The van der Waals surface area contributed by atoms with Crippen LogP contribution in [0.2, 0.25) is 0 Å². The van der Waals surface area contributed by atoms with Crippen LogP contribution < -0.4 is 5.01 Å². The summed E-state index contributed by atoms with van der Waals surface area (Å²) < 4.78 is 19.3. The average Bonchev–Trinajstić information content (AvgIpc) is 3.32. The zero-order valence-electron chi connectivity index (χ0n) is 15.7. The SMILES string of the molecule is CC[C@H]1C(c2ccc(F)cc2)=NN(c2ccc(Br)cc2)[C@@H]1C(=O)N1CCOC1=O. The Bertz CT molecular complexity index is 962. The van der Waals surface area contributed by atoms with Gasteiger partial charge in [0.1, 0.15) is 18.5 Å². The average molecular weight is 460 g/mol. The van der Waals surface area contributed by atoms with Crippen molar-refractivity contribution >= 4 is 39.3 Å². The van der Waals surface area contributed by atoms with Crippen molar-refractivity contribution in [2.24, 2.45) is 11.0 Å². The number of hydrogen-bond donors (Lipinski definition) is 0. The second kappa shape index (κ2) is 7.94. The summed E-state index contributed by atoms with van der Waals surface area (Å²) in [5, 5.41) is 6.41. The predicted octanol–water partition coefficient (Wildman–Crippen LogP) is 4.19. The number of ether oxygens (including phenoxy) is 1. The third-order valence-corrected chi connectivity index (χ3v) is 5.69. The van der Waals surface area contributed by atoms with Gasteiger partial charge in [0.15, 0.2) is 0 Å². The van der Waals surface area contributed by atoms with Gasteiger partial charge in [0.05, 0.1) is 17.9 Å². The minimum absolute atomic E-state index is 0.193. The van der Waals surface area contributed by atoms with Crippen molar-refractivity contribution in [2.75, 3.05) is 18.2 Å². The Morgan fingerprint density at radius 2 is 1.90 bits per heavy atom. The molecular weight excluding hydrogens is 441 g/mol. The summed E-state index contributed by atoms with van der Waals surface area (Å²) in [6, 6.07) is 12.8. The van der Waals surface area contributed by atoms with E-state index in [1.807, 2.05) is 31.2 Å². The van der Waals surface area contributed by atoms with E-state index in [9.17, 15) is 14.0 Å². The number of imide groups is 1. The lowest BCUT2D eigenvalue weighted by Crippen LogP contribution is -2.49. The van der Waals surface area contributed by atoms with Crippen molar-refractivity contribution in [3.8, 4) is 0 Å². The number of hydrogen-bond acceptors (Lipinski definition) is 5. The van der Waals surface area contributed by atoms with Crippen LogP contribution in [0.5, 0.6) is 0 Å². The first-order valence-corrected chi connectivity index (χ1v) is 10.2. The van der Waals surface area contributed by atoms with Gasteiger partial charge in [-0.1, -0.05) is 35.0 Å². The second-order valence-corrected chi connectivity index (χ2v) is 7.79. The van der Waals surface area contributed by atoms with Crippen molar-refractivity contribution in [3.05, 3.63) is 64.4 Å². The fraction of sp³-hybridized carbons (Fsp3) is 0.286. The summed E-state index contributed by atoms with van der Waals surface area (Å²) >= 11 is 3.41. The fourth-order valence-electron chi connectivity index (χ4n) is 3.72. The third-order valence-electron chi connectivity index (χ3n) is 5.16. The van der Waals surface area contributed by atoms with E-state index in [2.05, 4.69) is 15.9 Å². The number of anilines is 1. The molecular formula is C21H19BrFN3O3. The molecule has 2 aliphatic heterocycles. The van der Waals surface area contributed by atoms with Gasteiger partial charge in [0.2, 0.25) is 0 Å². The first kappa shape index (κ1) is 19.6. The zero-order valence-corrected chi connectivity index (χ0v) is 17.3. The van der Waals surface area contributed by atoms with Crippen LogP contribution in [0.3, 0.4) is 0 Å². The van der Waals surface area contributed by atoms with Gasteiger partial charge < -0.3 is 4.74 Å². The quantitative estimate of drug-likeness (QED) is 0.687. The highest BCUT2D eigenvalue weighted by Gasteiger charge is 2.46. The van der Waals surface area contributed by atoms with Gasteiger partial charge in [-0.2, -0.15) is 5.10 Å². The molecule has 2 aliphatic rings. The number of benzene rings is 2. The number of carbonyl (C=O) groups is 2. The van der Waals surface area contributed by atoms with Gasteiger partial charge in [-0.25, -0.2) is 14.1 Å². The van der Waals surface area contributed by atoms with Gasteiger partial charge in [-0.15, -0.1) is 0 Å². The summed E-state index contributed by atoms with van der Waals surface area (Å²) in [7, 11) is 0. The lowest BCUT2D eigenvalue weighted by Gasteiger charge is -2.28. The molecule has 0 saturated carbocycles. The number of nitrogens with zero attached hydrogens (tertiary/aromatic N) is 3. The molecule has 2 aromatic rings. The maximum atomic E-state index is 13.4. The Morgan fingerprint density at radius 3 is 2.48 bits per heavy atom. The molecule has 2 aromatic carbocycles. The third kappa shape index (κ3) is 3.64. The van der Waals surface area contributed by atoms with E-state index >= 15 is 0 Å². The molecule has 29 heavy (non-hydrogen) atoms. The van der Waals surface area contributed by atoms with Gasteiger partial charge in [-0.05, 0) is 48.4 Å². The molecule has 0 aromatic heterocycles. The summed E-state index contributed by atoms with van der Waals surface area (Å²) in [4.78, 5) is 26.5. The number of amides is 2. The van der Waals surface area contributed by atoms with Crippen LogP contribution >= 0.6 is 15.9 Å². The van der Waals surface area contributed by atoms with Crippen LogP contribution in [0.25, 0.3) is 0 Å². The molecule has 0 aliphatic carbocycles. The van der Waals surface area contributed by atoms with Crippen LogP contribution in [-0.4, -0.2) is 41.8 Å². The van der Waals surface area contributed by atoms with Crippen LogP contribution in [0.1, 0.15) is 18.9 Å². The number of halogens is 2. The van der Waals surface area contributed by atoms with Crippen molar-refractivity contribution in [2.45, 2.75) is 19.4 Å². The maximum absolute atomic E-state index is 13.4. The molecule has 0 N–H and O–H groups in total. The van der Waals surface area contributed by atoms with Crippen LogP contribution in [0.4, 0.5) is 14.9 Å². The van der Waals surface area contributed by atoms with Crippen molar-refractivity contribution in [1.82, 2.24) is 4.90 Å². The largest absolute Gasteiger partial charge is 0.447 e. The molecule has 0 unspecified atom stereocenters. The monoisotopic (exact) mass is 459 g/mol. The molecule has 1 fully saturated rings. The lowest BCUT2D eigenvalue weighted by atomic mass is 9.88. The van der Waals surface area contributed by atoms with E-state index in [1.54, 1.807) is 17.1 Å². The van der Waals surface area contributed by atoms with E-state index in [-0.39, 0.29) is 30.8 Å². The molecule has 2 heterocycles. The smallest absolute Gasteiger partial charge is 0.416 e. The summed E-state index contributed by atoms with van der Waals surface area (Å²) in [5.74, 6) is -0.939. The molecule has 1 saturated heterocycles. The predicted molar refractivity (Wildman–Crippen MR) is 110 cm³/mol. The van der Waals surface area contributed by atoms with Crippen LogP contribution in [0.15, 0.2) is 58.1 Å². The van der Waals surface area contributed by atoms with Crippen molar-refractivity contribution < 1.29 is 18.7 Å². The minimum Gasteiger partial charge on any atom is -0.447 e. The Balaban J connectivity index is 1.77. The summed E-state index contributed by atoms with van der Waals surface area (Å²) in [6.07, 6.45) is -0.00134. The van der Waals surface area contributed by atoms with E-state index in [0.29, 0.717) is 12.1 Å². The van der Waals surface area contributed by atoms with Gasteiger partial charge in [0.25, 0.3) is 5.91 Å². The van der Waals surface area contributed by atoms with E-state index < -0.39 is 12.1 Å². The molecule has 0 bridgehead atoms. The Morgan fingerprint density at radius 1 is 1.21 bits per heavy atom. The highest BCUT2D eigenvalue weighted by atomic mass is 79.9. The molecule has 6 nitrogen and oxygen atoms in total. The van der Waals surface area contributed by atoms with Crippen LogP contribution in [-0.2, 0) is 9.53 Å². The van der Waals surface area contributed by atoms with Crippen molar-refractivity contribution in [3.63, 3.8) is 0 Å². The van der Waals surface area contributed by atoms with Gasteiger partial charge >= 0.3 is 6.09 Å². The topological polar surface area (TPSA) is 62.2 Å². The molecule has 2 atom stereocenters. The first-order chi connectivity index (χ1) is 14.0. The van der Waals surface area contributed by atoms with Crippen molar-refractivity contribution in [1.29, 1.82) is 0 Å². The summed E-state index contributed by atoms with van der Waals surface area (Å²) in [6.45, 7) is 2.39. The molecule has 2 amide bonds. The lowest BCUT2D eigenvalue weighted by molar-refractivity contribution is -0.129. The maximum Gasteiger partial charge on any atom is 0.416 e. The van der Waals surface area contributed by atoms with E-state index in [4.69, 9.17) is 9.84 Å². The second-order valence-electron chi connectivity index (χ2n) is 6.88. The summed E-state index contributed by atoms with van der Waals surface area (Å²) in [5.41, 5.74) is 2.18. The number of hydrazone groups is 1. The molecule has 150 valence electrons. The Labute approximate surface area is 176 Å². The van der Waals surface area contributed by atoms with Crippen LogP contribution in [0, 0.1) is 11.7 Å². The molecule has 0 spiro atoms. The Kier molecular flexibility index (Phi) is 5.36. The zero-order chi connectivity index (χ0) is 20.5. The highest BCUT2D eigenvalue weighted by Crippen LogP contribution is 2.35. The first-order valence-electron chi connectivity index (χ1n) is 9.37. The number of cyclic esters (lactones) is 1. The molecule has 8 heteroatoms. The molecule has 4 rings (SSSR count). The molecule has 0 radical (unpaired) electrons. The van der Waals surface area contributed by atoms with Gasteiger partial charge in [-0.3, -0.25) is 9.80 Å². The van der Waals surface area contributed by atoms with Gasteiger partial charge in [0, 0.05) is 10.4 Å². The fourth-order valence-corrected chi connectivity index (χ4v) is 3.99. The normalized spacial score (nSPS) is 21.3. The van der Waals surface area contributed by atoms with E-state index in [0.717, 1.165) is 20.6 Å². The minimum atomic E-state index is -0.688. The number of rotatable bonds is 4. The highest BCUT2D eigenvalue weighted by molar-refractivity contribution is 9.10. The standard InChI is InChI=1S/C21H19BrFN3O3/c1-2-17-18(13-3-7-15(23)8-4-13)24-26(16-9-5-14(22)6-10-16)19(17)20(27)25-11-12-29-21(25)28/h3-10,17,19H,2,11-12H2,1H3/t17-,19-/m0/s1.